The molecule has 4 amide bonds. The fourth-order valence-electron chi connectivity index (χ4n) is 5.66. The van der Waals surface area contributed by atoms with Crippen molar-refractivity contribution in [1.82, 2.24) is 10.6 Å². The molecule has 0 saturated carbocycles. The number of amides is 4. The van der Waals surface area contributed by atoms with Gasteiger partial charge in [-0.25, -0.2) is 19.2 Å². The van der Waals surface area contributed by atoms with Crippen molar-refractivity contribution in [3.05, 3.63) is 116 Å². The predicted molar refractivity (Wildman–Crippen MR) is 194 cm³/mol. The molecule has 0 unspecified atom stereocenters. The van der Waals surface area contributed by atoms with Crippen LogP contribution < -0.4 is 21.3 Å². The standard InChI is InChI=1S/C38H31F3N4O12/c1-4-9-43-31(47)22-13-24(28(37(56)57)15-26(22)35(52)53)32(48)44-17-5-7-19(16(2)10-17)20-8-6-18(11-29(20)38(39,40)41)45-33(49)23-12-21(30(46)42-3)25(34(50)51)14-27(23)36(54)55/h5-8,10-15H,4,9H2,1-3H3,(H,42,46)(H,43,47)(H,44,48)(H,45,49)(H,50,51)(H,52,53)(H,54,55)(H,56,57). The van der Waals surface area contributed by atoms with E-state index in [0.717, 1.165) is 25.2 Å². The molecule has 0 atom stereocenters. The highest BCUT2D eigenvalue weighted by Crippen LogP contribution is 2.40. The smallest absolute Gasteiger partial charge is 0.417 e. The molecular weight excluding hydrogens is 761 g/mol. The van der Waals surface area contributed by atoms with Crippen LogP contribution in [0.1, 0.15) is 107 Å². The average Bonchev–Trinajstić information content (AvgIpc) is 3.15. The molecule has 0 aromatic heterocycles. The molecular formula is C38H31F3N4O12. The second-order valence-corrected chi connectivity index (χ2v) is 12.1. The number of benzene rings is 4. The van der Waals surface area contributed by atoms with Gasteiger partial charge in [-0.2, -0.15) is 13.2 Å². The first kappa shape index (κ1) is 42.2. The zero-order chi connectivity index (χ0) is 42.5. The maximum absolute atomic E-state index is 14.5. The van der Waals surface area contributed by atoms with Crippen LogP contribution in [-0.4, -0.2) is 81.5 Å². The van der Waals surface area contributed by atoms with Crippen molar-refractivity contribution in [3.63, 3.8) is 0 Å². The summed E-state index contributed by atoms with van der Waals surface area (Å²) in [5, 5.41) is 47.7. The minimum absolute atomic E-state index is 0.00207. The Morgan fingerprint density at radius 1 is 0.544 bits per heavy atom. The van der Waals surface area contributed by atoms with E-state index >= 15 is 0 Å². The Balaban J connectivity index is 1.70. The van der Waals surface area contributed by atoms with Gasteiger partial charge in [0.1, 0.15) is 0 Å². The Morgan fingerprint density at radius 2 is 0.930 bits per heavy atom. The average molecular weight is 793 g/mol. The molecule has 0 saturated heterocycles. The van der Waals surface area contributed by atoms with Crippen molar-refractivity contribution >= 4 is 58.9 Å². The van der Waals surface area contributed by atoms with Gasteiger partial charge in [0.2, 0.25) is 0 Å². The van der Waals surface area contributed by atoms with Gasteiger partial charge in [0, 0.05) is 25.0 Å². The van der Waals surface area contributed by atoms with Gasteiger partial charge < -0.3 is 41.7 Å². The number of nitrogens with one attached hydrogen (secondary N) is 4. The lowest BCUT2D eigenvalue weighted by molar-refractivity contribution is -0.137. The molecule has 0 fully saturated rings. The Kier molecular flexibility index (Phi) is 12.5. The van der Waals surface area contributed by atoms with Crippen LogP contribution >= 0.6 is 0 Å². The lowest BCUT2D eigenvalue weighted by Gasteiger charge is -2.18. The molecule has 4 rings (SSSR count). The summed E-state index contributed by atoms with van der Waals surface area (Å²) in [7, 11) is 1.15. The largest absolute Gasteiger partial charge is 0.478 e. The van der Waals surface area contributed by atoms with E-state index in [4.69, 9.17) is 0 Å². The highest BCUT2D eigenvalue weighted by molar-refractivity contribution is 6.16. The number of alkyl halides is 3. The summed E-state index contributed by atoms with van der Waals surface area (Å²) in [6, 6.07) is 9.09. The van der Waals surface area contributed by atoms with Crippen molar-refractivity contribution < 1.29 is 72.0 Å². The number of aryl methyl sites for hydroxylation is 1. The molecule has 0 bridgehead atoms. The Labute approximate surface area is 319 Å². The first-order valence-electron chi connectivity index (χ1n) is 16.4. The Hall–Kier alpha value is -7.57. The van der Waals surface area contributed by atoms with Crippen LogP contribution in [-0.2, 0) is 6.18 Å². The van der Waals surface area contributed by atoms with Crippen LogP contribution in [0.3, 0.4) is 0 Å². The van der Waals surface area contributed by atoms with E-state index in [1.54, 1.807) is 6.92 Å². The molecule has 4 aromatic rings. The number of carbonyl (C=O) groups excluding carboxylic acids is 4. The number of rotatable bonds is 13. The molecule has 0 aliphatic rings. The van der Waals surface area contributed by atoms with Crippen LogP contribution in [0.15, 0.2) is 60.7 Å². The van der Waals surface area contributed by atoms with Gasteiger partial charge in [0.25, 0.3) is 23.6 Å². The second kappa shape index (κ2) is 16.8. The van der Waals surface area contributed by atoms with Gasteiger partial charge in [-0.1, -0.05) is 19.1 Å². The minimum atomic E-state index is -5.03. The highest BCUT2D eigenvalue weighted by Gasteiger charge is 2.35. The normalized spacial score (nSPS) is 10.9. The van der Waals surface area contributed by atoms with E-state index in [1.165, 1.54) is 25.1 Å². The van der Waals surface area contributed by atoms with Crippen molar-refractivity contribution in [1.29, 1.82) is 0 Å². The second-order valence-electron chi connectivity index (χ2n) is 12.1. The SMILES string of the molecule is CCCNC(=O)c1cc(C(=O)Nc2ccc(-c3ccc(NC(=O)c4cc(C(=O)NC)c(C(=O)O)cc4C(=O)O)cc3C(F)(F)F)c(C)c2)c(C(=O)O)cc1C(=O)O. The molecule has 0 heterocycles. The number of carboxylic acid groups (broad SMARTS) is 4. The van der Waals surface area contributed by atoms with Gasteiger partial charge in [-0.05, 0) is 78.6 Å². The molecule has 0 aliphatic carbocycles. The minimum Gasteiger partial charge on any atom is -0.478 e. The lowest BCUT2D eigenvalue weighted by atomic mass is 9.94. The third kappa shape index (κ3) is 9.22. The van der Waals surface area contributed by atoms with Crippen LogP contribution in [0.2, 0.25) is 0 Å². The van der Waals surface area contributed by atoms with Crippen LogP contribution in [0.4, 0.5) is 24.5 Å². The van der Waals surface area contributed by atoms with E-state index in [0.29, 0.717) is 30.7 Å². The molecule has 19 heteroatoms. The fourth-order valence-corrected chi connectivity index (χ4v) is 5.66. The first-order valence-corrected chi connectivity index (χ1v) is 16.4. The molecule has 0 radical (unpaired) electrons. The molecule has 4 aromatic carbocycles. The van der Waals surface area contributed by atoms with Gasteiger partial charge in [0.05, 0.1) is 50.1 Å². The summed E-state index contributed by atoms with van der Waals surface area (Å²) in [6.45, 7) is 3.29. The molecule has 296 valence electrons. The van der Waals surface area contributed by atoms with Gasteiger partial charge in [0.15, 0.2) is 0 Å². The summed E-state index contributed by atoms with van der Waals surface area (Å²) in [4.78, 5) is 99.1. The van der Waals surface area contributed by atoms with Crippen LogP contribution in [0.5, 0.6) is 0 Å². The Morgan fingerprint density at radius 3 is 1.32 bits per heavy atom. The number of halogens is 3. The molecule has 0 aliphatic heterocycles. The number of hydrogen-bond donors (Lipinski definition) is 8. The van der Waals surface area contributed by atoms with Crippen LogP contribution in [0, 0.1) is 6.92 Å². The van der Waals surface area contributed by atoms with Gasteiger partial charge in [-0.15, -0.1) is 0 Å². The molecule has 57 heavy (non-hydrogen) atoms. The molecule has 8 N–H and O–H groups in total. The summed E-state index contributed by atoms with van der Waals surface area (Å²) in [5.74, 6) is -11.0. The third-order valence-electron chi connectivity index (χ3n) is 8.34. The van der Waals surface area contributed by atoms with E-state index < -0.39 is 115 Å². The van der Waals surface area contributed by atoms with Crippen molar-refractivity contribution in [3.8, 4) is 11.1 Å². The Bertz CT molecular complexity index is 2390. The summed E-state index contributed by atoms with van der Waals surface area (Å²) < 4.78 is 43.5. The quantitative estimate of drug-likeness (QED) is 0.0837. The van der Waals surface area contributed by atoms with Gasteiger partial charge in [-0.3, -0.25) is 19.2 Å². The zero-order valence-corrected chi connectivity index (χ0v) is 29.9. The monoisotopic (exact) mass is 792 g/mol. The van der Waals surface area contributed by atoms with E-state index in [1.807, 2.05) is 0 Å². The van der Waals surface area contributed by atoms with Crippen molar-refractivity contribution in [2.75, 3.05) is 24.2 Å². The van der Waals surface area contributed by atoms with Gasteiger partial charge >= 0.3 is 30.1 Å². The molecule has 0 spiro atoms. The van der Waals surface area contributed by atoms with Crippen LogP contribution in [0.25, 0.3) is 11.1 Å². The first-order chi connectivity index (χ1) is 26.7. The van der Waals surface area contributed by atoms with E-state index in [9.17, 15) is 72.0 Å². The van der Waals surface area contributed by atoms with Crippen molar-refractivity contribution in [2.45, 2.75) is 26.4 Å². The van der Waals surface area contributed by atoms with E-state index in [2.05, 4.69) is 21.3 Å². The number of aromatic carboxylic acids is 4. The fraction of sp³-hybridized carbons (Fsp3) is 0.158. The number of hydrogen-bond acceptors (Lipinski definition) is 8. The van der Waals surface area contributed by atoms with E-state index in [-0.39, 0.29) is 23.4 Å². The lowest BCUT2D eigenvalue weighted by Crippen LogP contribution is -2.27. The summed E-state index contributed by atoms with van der Waals surface area (Å²) >= 11 is 0. The third-order valence-corrected chi connectivity index (χ3v) is 8.34. The number of anilines is 2. The van der Waals surface area contributed by atoms with Crippen molar-refractivity contribution in [2.24, 2.45) is 0 Å². The molecule has 16 nitrogen and oxygen atoms in total. The maximum atomic E-state index is 14.5. The maximum Gasteiger partial charge on any atom is 0.417 e. The summed E-state index contributed by atoms with van der Waals surface area (Å²) in [6.07, 6.45) is -4.55. The summed E-state index contributed by atoms with van der Waals surface area (Å²) in [5.41, 5.74) is -7.32. The predicted octanol–water partition coefficient (Wildman–Crippen LogP) is 5.48. The number of carbonyl (C=O) groups is 8. The zero-order valence-electron chi connectivity index (χ0n) is 29.9. The highest BCUT2D eigenvalue weighted by atomic mass is 19.4. The number of carboxylic acids is 4. The topological polar surface area (TPSA) is 266 Å².